The Morgan fingerprint density at radius 2 is 1.80 bits per heavy atom. The average molecular weight is 135 g/mol. The number of rotatable bonds is 1. The van der Waals surface area contributed by atoms with Gasteiger partial charge in [-0.3, -0.25) is 4.99 Å². The van der Waals surface area contributed by atoms with Crippen molar-refractivity contribution in [2.75, 3.05) is 7.05 Å². The van der Waals surface area contributed by atoms with Crippen LogP contribution >= 0.6 is 0 Å². The van der Waals surface area contributed by atoms with Crippen molar-refractivity contribution in [1.29, 1.82) is 0 Å². The molecule has 0 saturated carbocycles. The van der Waals surface area contributed by atoms with E-state index < -0.39 is 0 Å². The molecule has 0 aliphatic carbocycles. The summed E-state index contributed by atoms with van der Waals surface area (Å²) in [6.45, 7) is 5.86. The Bertz CT molecular complexity index is 213. The molecule has 54 valence electrons. The minimum atomic E-state index is 0.961. The highest BCUT2D eigenvalue weighted by Crippen LogP contribution is 2.03. The molecule has 0 unspecified atom stereocenters. The second-order valence-electron chi connectivity index (χ2n) is 2.20. The average Bonchev–Trinajstić information content (AvgIpc) is 2.00. The van der Waals surface area contributed by atoms with Crippen LogP contribution in [0.3, 0.4) is 0 Å². The lowest BCUT2D eigenvalue weighted by Gasteiger charge is -1.99. The number of hydrogen-bond donors (Lipinski definition) is 0. The molecular formula is C9H13N. The smallest absolute Gasteiger partial charge is 0.0352 e. The lowest BCUT2D eigenvalue weighted by atomic mass is 10.1. The summed E-state index contributed by atoms with van der Waals surface area (Å²) in [6.07, 6.45) is 5.20. The normalized spacial score (nSPS) is 14.1. The highest BCUT2D eigenvalue weighted by Gasteiger charge is 1.95. The third kappa shape index (κ3) is 2.06. The van der Waals surface area contributed by atoms with Gasteiger partial charge in [0.25, 0.3) is 0 Å². The lowest BCUT2D eigenvalue weighted by molar-refractivity contribution is 1.35. The molecule has 0 aliphatic heterocycles. The molecule has 0 aromatic rings. The van der Waals surface area contributed by atoms with Crippen molar-refractivity contribution < 1.29 is 0 Å². The van der Waals surface area contributed by atoms with Crippen molar-refractivity contribution in [1.82, 2.24) is 0 Å². The van der Waals surface area contributed by atoms with Crippen LogP contribution in [0.25, 0.3) is 0 Å². The fraction of sp³-hybridized carbons (Fsp3) is 0.444. The van der Waals surface area contributed by atoms with E-state index >= 15 is 0 Å². The molecule has 10 heavy (non-hydrogen) atoms. The first-order valence-corrected chi connectivity index (χ1v) is 3.21. The maximum absolute atomic E-state index is 5.20. The van der Waals surface area contributed by atoms with Gasteiger partial charge in [0.15, 0.2) is 0 Å². The second-order valence-corrected chi connectivity index (χ2v) is 2.20. The third-order valence-electron chi connectivity index (χ3n) is 1.66. The third-order valence-corrected chi connectivity index (χ3v) is 1.66. The predicted molar refractivity (Wildman–Crippen MR) is 46.2 cm³/mol. The molecule has 0 rings (SSSR count). The van der Waals surface area contributed by atoms with Crippen molar-refractivity contribution in [3.63, 3.8) is 0 Å². The van der Waals surface area contributed by atoms with Crippen LogP contribution in [0, 0.1) is 12.3 Å². The zero-order valence-electron chi connectivity index (χ0n) is 7.02. The van der Waals surface area contributed by atoms with Gasteiger partial charge in [0.2, 0.25) is 0 Å². The first-order chi connectivity index (χ1) is 4.63. The summed E-state index contributed by atoms with van der Waals surface area (Å²) in [6, 6.07) is 0. The molecule has 0 aromatic carbocycles. The highest BCUT2D eigenvalue weighted by molar-refractivity contribution is 5.98. The molecular weight excluding hydrogens is 122 g/mol. The van der Waals surface area contributed by atoms with E-state index in [4.69, 9.17) is 6.42 Å². The summed E-state index contributed by atoms with van der Waals surface area (Å²) in [5.41, 5.74) is 3.07. The quantitative estimate of drug-likeness (QED) is 0.385. The van der Waals surface area contributed by atoms with Gasteiger partial charge in [-0.2, -0.15) is 0 Å². The van der Waals surface area contributed by atoms with Gasteiger partial charge in [-0.1, -0.05) is 5.92 Å². The number of allylic oxidation sites excluding steroid dienone is 2. The standard InChI is InChI=1S/C9H13N/c1-6-7(2)8(3)9(4)10-5/h1H,2-5H3/b8-7+,10-9?. The molecule has 1 heteroatoms. The lowest BCUT2D eigenvalue weighted by Crippen LogP contribution is -1.95. The zero-order chi connectivity index (χ0) is 8.15. The van der Waals surface area contributed by atoms with E-state index in [0.29, 0.717) is 0 Å². The molecule has 0 heterocycles. The molecule has 0 N–H and O–H groups in total. The van der Waals surface area contributed by atoms with E-state index in [-0.39, 0.29) is 0 Å². The van der Waals surface area contributed by atoms with Crippen molar-refractivity contribution >= 4 is 5.71 Å². The Labute approximate surface area is 62.9 Å². The molecule has 0 amide bonds. The minimum Gasteiger partial charge on any atom is -0.293 e. The second kappa shape index (κ2) is 3.90. The first kappa shape index (κ1) is 8.97. The van der Waals surface area contributed by atoms with Crippen LogP contribution in [-0.2, 0) is 0 Å². The molecule has 0 aromatic heterocycles. The van der Waals surface area contributed by atoms with Crippen molar-refractivity contribution in [2.45, 2.75) is 20.8 Å². The van der Waals surface area contributed by atoms with Gasteiger partial charge in [-0.15, -0.1) is 6.42 Å². The van der Waals surface area contributed by atoms with Crippen LogP contribution in [0.5, 0.6) is 0 Å². The fourth-order valence-electron chi connectivity index (χ4n) is 0.547. The largest absolute Gasteiger partial charge is 0.293 e. The zero-order valence-corrected chi connectivity index (χ0v) is 7.02. The maximum atomic E-state index is 5.20. The summed E-state index contributed by atoms with van der Waals surface area (Å²) in [7, 11) is 1.77. The summed E-state index contributed by atoms with van der Waals surface area (Å²) in [4.78, 5) is 4.02. The van der Waals surface area contributed by atoms with E-state index in [1.165, 1.54) is 0 Å². The first-order valence-electron chi connectivity index (χ1n) is 3.21. The molecule has 0 aliphatic rings. The van der Waals surface area contributed by atoms with Gasteiger partial charge < -0.3 is 0 Å². The summed E-state index contributed by atoms with van der Waals surface area (Å²) in [5.74, 6) is 2.58. The predicted octanol–water partition coefficient (Wildman–Crippen LogP) is 2.05. The van der Waals surface area contributed by atoms with Gasteiger partial charge in [0.1, 0.15) is 0 Å². The van der Waals surface area contributed by atoms with E-state index in [2.05, 4.69) is 10.9 Å². The maximum Gasteiger partial charge on any atom is 0.0352 e. The number of aliphatic imine (C=N–C) groups is 1. The van der Waals surface area contributed by atoms with Crippen LogP contribution in [-0.4, -0.2) is 12.8 Å². The number of nitrogens with zero attached hydrogens (tertiary/aromatic N) is 1. The number of hydrogen-bond acceptors (Lipinski definition) is 1. The van der Waals surface area contributed by atoms with Crippen molar-refractivity contribution in [2.24, 2.45) is 4.99 Å². The summed E-state index contributed by atoms with van der Waals surface area (Å²) in [5, 5.41) is 0. The Hall–Kier alpha value is -1.03. The Morgan fingerprint density at radius 3 is 2.10 bits per heavy atom. The summed E-state index contributed by atoms with van der Waals surface area (Å²) < 4.78 is 0. The molecule has 1 nitrogen and oxygen atoms in total. The highest BCUT2D eigenvalue weighted by atomic mass is 14.7. The van der Waals surface area contributed by atoms with Crippen LogP contribution in [0.15, 0.2) is 16.1 Å². The van der Waals surface area contributed by atoms with Crippen LogP contribution in [0.2, 0.25) is 0 Å². The molecule has 0 saturated heterocycles. The monoisotopic (exact) mass is 135 g/mol. The van der Waals surface area contributed by atoms with E-state index in [0.717, 1.165) is 16.9 Å². The van der Waals surface area contributed by atoms with Gasteiger partial charge >= 0.3 is 0 Å². The molecule has 0 fully saturated rings. The molecule has 0 spiro atoms. The van der Waals surface area contributed by atoms with Gasteiger partial charge in [0, 0.05) is 18.3 Å². The topological polar surface area (TPSA) is 12.4 Å². The van der Waals surface area contributed by atoms with Gasteiger partial charge in [-0.25, -0.2) is 0 Å². The summed E-state index contributed by atoms with van der Waals surface area (Å²) >= 11 is 0. The molecule has 0 bridgehead atoms. The molecule has 0 radical (unpaired) electrons. The van der Waals surface area contributed by atoms with Crippen LogP contribution < -0.4 is 0 Å². The SMILES string of the molecule is C#C/C(C)=C(\C)C(C)=NC. The Morgan fingerprint density at radius 1 is 1.30 bits per heavy atom. The van der Waals surface area contributed by atoms with E-state index in [9.17, 15) is 0 Å². The van der Waals surface area contributed by atoms with E-state index in [1.807, 2.05) is 20.8 Å². The fourth-order valence-corrected chi connectivity index (χ4v) is 0.547. The number of terminal acetylenes is 1. The van der Waals surface area contributed by atoms with Gasteiger partial charge in [-0.05, 0) is 26.3 Å². The Balaban J connectivity index is 4.68. The van der Waals surface area contributed by atoms with Crippen LogP contribution in [0.1, 0.15) is 20.8 Å². The Kier molecular flexibility index (Phi) is 3.49. The van der Waals surface area contributed by atoms with Crippen LogP contribution in [0.4, 0.5) is 0 Å². The minimum absolute atomic E-state index is 0.961. The van der Waals surface area contributed by atoms with Gasteiger partial charge in [0.05, 0.1) is 0 Å². The van der Waals surface area contributed by atoms with Crippen molar-refractivity contribution in [3.05, 3.63) is 11.1 Å². The molecule has 0 atom stereocenters. The van der Waals surface area contributed by atoms with Crippen molar-refractivity contribution in [3.8, 4) is 12.3 Å². The van der Waals surface area contributed by atoms with E-state index in [1.54, 1.807) is 7.05 Å².